The lowest BCUT2D eigenvalue weighted by molar-refractivity contribution is 0.568. The predicted octanol–water partition coefficient (Wildman–Crippen LogP) is 9.79. The van der Waals surface area contributed by atoms with Crippen LogP contribution < -0.4 is 5.73 Å². The van der Waals surface area contributed by atoms with Gasteiger partial charge in [0, 0.05) is 5.69 Å². The zero-order valence-corrected chi connectivity index (χ0v) is 24.3. The van der Waals surface area contributed by atoms with Crippen molar-refractivity contribution in [3.63, 3.8) is 0 Å². The van der Waals surface area contributed by atoms with Gasteiger partial charge in [0.15, 0.2) is 0 Å². The van der Waals surface area contributed by atoms with Crippen LogP contribution in [0.1, 0.15) is 105 Å². The lowest BCUT2D eigenvalue weighted by Crippen LogP contribution is -2.16. The molecule has 0 heterocycles. The minimum atomic E-state index is 0.0712. The number of rotatable bonds is 2. The van der Waals surface area contributed by atoms with Gasteiger partial charge in [-0.25, -0.2) is 0 Å². The second kappa shape index (κ2) is 8.84. The monoisotopic (exact) mass is 469 g/mol. The molecule has 0 saturated carbocycles. The van der Waals surface area contributed by atoms with Crippen molar-refractivity contribution in [1.29, 1.82) is 0 Å². The molecule has 0 atom stereocenters. The van der Waals surface area contributed by atoms with Gasteiger partial charge in [-0.05, 0) is 84.4 Å². The first-order valence-electron chi connectivity index (χ1n) is 13.0. The summed E-state index contributed by atoms with van der Waals surface area (Å²) >= 11 is 0. The molecule has 0 fully saturated rings. The van der Waals surface area contributed by atoms with Crippen LogP contribution in [0.4, 0.5) is 5.69 Å². The predicted molar refractivity (Wildman–Crippen MR) is 157 cm³/mol. The molecule has 0 spiro atoms. The molecule has 0 saturated heterocycles. The van der Waals surface area contributed by atoms with E-state index in [4.69, 9.17) is 5.73 Å². The molecule has 0 aromatic heterocycles. The number of anilines is 1. The molecule has 35 heavy (non-hydrogen) atoms. The van der Waals surface area contributed by atoms with Crippen molar-refractivity contribution in [3.05, 3.63) is 76.9 Å². The molecule has 0 aliphatic heterocycles. The molecule has 0 aliphatic carbocycles. The second-order valence-electron chi connectivity index (χ2n) is 14.4. The van der Waals surface area contributed by atoms with Gasteiger partial charge in [0.05, 0.1) is 0 Å². The first kappa shape index (κ1) is 27.1. The van der Waals surface area contributed by atoms with Crippen molar-refractivity contribution in [2.45, 2.75) is 105 Å². The molecule has 3 rings (SSSR count). The quantitative estimate of drug-likeness (QED) is 0.371. The topological polar surface area (TPSA) is 26.0 Å². The van der Waals surface area contributed by atoms with Gasteiger partial charge in [0.1, 0.15) is 0 Å². The smallest absolute Gasteiger partial charge is 0.0326 e. The number of nitrogens with two attached hydrogens (primary N) is 1. The van der Waals surface area contributed by atoms with Crippen molar-refractivity contribution in [3.8, 4) is 22.3 Å². The largest absolute Gasteiger partial charge is 0.399 e. The summed E-state index contributed by atoms with van der Waals surface area (Å²) in [5.41, 5.74) is 17.9. The van der Waals surface area contributed by atoms with Crippen molar-refractivity contribution < 1.29 is 0 Å². The third-order valence-corrected chi connectivity index (χ3v) is 6.95. The molecular weight excluding hydrogens is 422 g/mol. The summed E-state index contributed by atoms with van der Waals surface area (Å²) in [6.45, 7) is 27.4. The minimum Gasteiger partial charge on any atom is -0.399 e. The lowest BCUT2D eigenvalue weighted by atomic mass is 9.78. The zero-order chi connectivity index (χ0) is 26.6. The van der Waals surface area contributed by atoms with Crippen LogP contribution in [-0.4, -0.2) is 0 Å². The van der Waals surface area contributed by atoms with Crippen LogP contribution in [0.2, 0.25) is 0 Å². The molecular formula is C34H47N. The van der Waals surface area contributed by atoms with Gasteiger partial charge in [-0.3, -0.25) is 0 Å². The van der Waals surface area contributed by atoms with Crippen LogP contribution >= 0.6 is 0 Å². The van der Waals surface area contributed by atoms with Crippen molar-refractivity contribution >= 4 is 5.69 Å². The Hall–Kier alpha value is -2.54. The Labute approximate surface area is 215 Å². The summed E-state index contributed by atoms with van der Waals surface area (Å²) in [6, 6.07) is 20.7. The molecule has 2 N–H and O–H groups in total. The van der Waals surface area contributed by atoms with E-state index in [1.807, 2.05) is 0 Å². The zero-order valence-electron chi connectivity index (χ0n) is 24.3. The molecule has 3 aromatic carbocycles. The Kier molecular flexibility index (Phi) is 6.83. The molecule has 188 valence electrons. The Morgan fingerprint density at radius 2 is 0.571 bits per heavy atom. The Morgan fingerprint density at radius 3 is 0.800 bits per heavy atom. The Bertz CT molecular complexity index is 1060. The summed E-state index contributed by atoms with van der Waals surface area (Å²) < 4.78 is 0. The van der Waals surface area contributed by atoms with Crippen molar-refractivity contribution in [2.75, 3.05) is 5.73 Å². The first-order valence-corrected chi connectivity index (χ1v) is 13.0. The van der Waals surface area contributed by atoms with E-state index in [-0.39, 0.29) is 21.7 Å². The van der Waals surface area contributed by atoms with Crippen LogP contribution in [0.15, 0.2) is 54.6 Å². The van der Waals surface area contributed by atoms with E-state index in [9.17, 15) is 0 Å². The van der Waals surface area contributed by atoms with Gasteiger partial charge in [-0.15, -0.1) is 0 Å². The van der Waals surface area contributed by atoms with E-state index in [1.54, 1.807) is 0 Å². The SMILES string of the molecule is CC(C)(C)c1cc(-c2cc(N)cc(-c3cc(C(C)(C)C)cc(C(C)(C)C)c3)c2)cc(C(C)(C)C)c1. The molecule has 0 amide bonds. The first-order chi connectivity index (χ1) is 15.7. The number of benzene rings is 3. The van der Waals surface area contributed by atoms with Crippen LogP contribution in [0.3, 0.4) is 0 Å². The second-order valence-corrected chi connectivity index (χ2v) is 14.4. The van der Waals surface area contributed by atoms with Crippen LogP contribution in [-0.2, 0) is 21.7 Å². The molecule has 0 aliphatic rings. The van der Waals surface area contributed by atoms with Gasteiger partial charge in [-0.2, -0.15) is 0 Å². The summed E-state index contributed by atoms with van der Waals surface area (Å²) in [5.74, 6) is 0. The molecule has 0 radical (unpaired) electrons. The van der Waals surface area contributed by atoms with Gasteiger partial charge in [0.25, 0.3) is 0 Å². The van der Waals surface area contributed by atoms with Gasteiger partial charge in [0.2, 0.25) is 0 Å². The summed E-state index contributed by atoms with van der Waals surface area (Å²) in [7, 11) is 0. The third-order valence-electron chi connectivity index (χ3n) is 6.95. The summed E-state index contributed by atoms with van der Waals surface area (Å²) in [5, 5.41) is 0. The summed E-state index contributed by atoms with van der Waals surface area (Å²) in [6.07, 6.45) is 0. The van der Waals surface area contributed by atoms with E-state index in [0.29, 0.717) is 0 Å². The fourth-order valence-corrected chi connectivity index (χ4v) is 4.31. The average Bonchev–Trinajstić information content (AvgIpc) is 2.70. The maximum absolute atomic E-state index is 6.53. The Morgan fingerprint density at radius 1 is 0.343 bits per heavy atom. The molecule has 0 unspecified atom stereocenters. The number of nitrogen functional groups attached to an aromatic ring is 1. The molecule has 3 aromatic rings. The van der Waals surface area contributed by atoms with Crippen molar-refractivity contribution in [1.82, 2.24) is 0 Å². The highest BCUT2D eigenvalue weighted by Gasteiger charge is 2.23. The van der Waals surface area contributed by atoms with E-state index < -0.39 is 0 Å². The standard InChI is InChI=1S/C34H47N/c1-31(2,3)26-14-24(15-27(20-26)32(4,5)6)22-13-23(19-30(35)18-22)25-16-28(33(7,8)9)21-29(17-25)34(10,11)12/h13-21H,35H2,1-12H3. The molecule has 1 heteroatoms. The van der Waals surface area contributed by atoms with E-state index in [2.05, 4.69) is 138 Å². The molecule has 0 bridgehead atoms. The van der Waals surface area contributed by atoms with E-state index >= 15 is 0 Å². The highest BCUT2D eigenvalue weighted by Crippen LogP contribution is 2.38. The molecule has 1 nitrogen and oxygen atoms in total. The highest BCUT2D eigenvalue weighted by molar-refractivity contribution is 5.79. The van der Waals surface area contributed by atoms with Gasteiger partial charge < -0.3 is 5.73 Å². The van der Waals surface area contributed by atoms with Crippen LogP contribution in [0.25, 0.3) is 22.3 Å². The van der Waals surface area contributed by atoms with Crippen LogP contribution in [0.5, 0.6) is 0 Å². The van der Waals surface area contributed by atoms with Gasteiger partial charge >= 0.3 is 0 Å². The fourth-order valence-electron chi connectivity index (χ4n) is 4.31. The third kappa shape index (κ3) is 6.37. The number of hydrogen-bond donors (Lipinski definition) is 1. The summed E-state index contributed by atoms with van der Waals surface area (Å²) in [4.78, 5) is 0. The van der Waals surface area contributed by atoms with E-state index in [1.165, 1.54) is 44.5 Å². The number of hydrogen-bond acceptors (Lipinski definition) is 1. The fraction of sp³-hybridized carbons (Fsp3) is 0.471. The highest BCUT2D eigenvalue weighted by atomic mass is 14.5. The lowest BCUT2D eigenvalue weighted by Gasteiger charge is -2.27. The van der Waals surface area contributed by atoms with Crippen LogP contribution in [0, 0.1) is 0 Å². The average molecular weight is 470 g/mol. The van der Waals surface area contributed by atoms with Crippen molar-refractivity contribution in [2.24, 2.45) is 0 Å². The maximum atomic E-state index is 6.53. The van der Waals surface area contributed by atoms with Gasteiger partial charge in [-0.1, -0.05) is 119 Å². The Balaban J connectivity index is 2.27. The van der Waals surface area contributed by atoms with E-state index in [0.717, 1.165) is 5.69 Å². The normalized spacial score (nSPS) is 13.3. The minimum absolute atomic E-state index is 0.0712. The maximum Gasteiger partial charge on any atom is 0.0326 e.